The van der Waals surface area contributed by atoms with Crippen molar-refractivity contribution >= 4 is 29.0 Å². The van der Waals surface area contributed by atoms with Crippen LogP contribution in [0.1, 0.15) is 46.3 Å². The number of anilines is 1. The quantitative estimate of drug-likeness (QED) is 0.674. The average Bonchev–Trinajstić information content (AvgIpc) is 3.20. The van der Waals surface area contributed by atoms with Crippen molar-refractivity contribution in [3.8, 4) is 11.8 Å². The van der Waals surface area contributed by atoms with Crippen molar-refractivity contribution < 1.29 is 9.59 Å². The molecule has 0 spiro atoms. The largest absolute Gasteiger partial charge is 0.365 e. The standard InChI is InChI=1S/C19H24N6O2S/c1-2-24-12-13(10-23-24)6-7-15-9-16(17(28-15)18(20)26)25(19(21)27)14-5-3-4-8-22-11-14/h9-10,12,14,22H,2-5,8,11H2,1H3,(H2,20,26)(H2,21,27)/t14-/m0/s1. The Morgan fingerprint density at radius 3 is 2.89 bits per heavy atom. The number of amides is 3. The number of hydrogen-bond acceptors (Lipinski definition) is 5. The van der Waals surface area contributed by atoms with Gasteiger partial charge in [-0.3, -0.25) is 14.4 Å². The Morgan fingerprint density at radius 2 is 2.21 bits per heavy atom. The van der Waals surface area contributed by atoms with Crippen LogP contribution in [0.2, 0.25) is 0 Å². The minimum atomic E-state index is -0.599. The molecular weight excluding hydrogens is 376 g/mol. The molecule has 9 heteroatoms. The van der Waals surface area contributed by atoms with Gasteiger partial charge in [-0.2, -0.15) is 5.10 Å². The molecular formula is C19H24N6O2S. The Bertz CT molecular complexity index is 914. The molecule has 0 unspecified atom stereocenters. The van der Waals surface area contributed by atoms with E-state index >= 15 is 0 Å². The second-order valence-corrected chi connectivity index (χ2v) is 7.64. The van der Waals surface area contributed by atoms with Crippen LogP contribution in [-0.4, -0.2) is 40.9 Å². The maximum atomic E-state index is 12.2. The molecule has 1 aliphatic heterocycles. The maximum absolute atomic E-state index is 12.2. The molecule has 0 bridgehead atoms. The number of aromatic nitrogens is 2. The molecule has 28 heavy (non-hydrogen) atoms. The van der Waals surface area contributed by atoms with E-state index in [1.54, 1.807) is 16.9 Å². The van der Waals surface area contributed by atoms with E-state index in [1.807, 2.05) is 13.1 Å². The molecule has 3 rings (SSSR count). The van der Waals surface area contributed by atoms with E-state index in [2.05, 4.69) is 22.3 Å². The first kappa shape index (κ1) is 19.9. The summed E-state index contributed by atoms with van der Waals surface area (Å²) >= 11 is 1.17. The summed E-state index contributed by atoms with van der Waals surface area (Å²) in [5, 5.41) is 7.50. The molecule has 0 saturated carbocycles. The zero-order valence-electron chi connectivity index (χ0n) is 15.8. The molecule has 1 saturated heterocycles. The molecule has 148 valence electrons. The summed E-state index contributed by atoms with van der Waals surface area (Å²) in [4.78, 5) is 26.7. The number of primary amides is 2. The zero-order chi connectivity index (χ0) is 20.1. The van der Waals surface area contributed by atoms with Crippen molar-refractivity contribution in [2.24, 2.45) is 11.5 Å². The van der Waals surface area contributed by atoms with Crippen molar-refractivity contribution in [1.82, 2.24) is 15.1 Å². The number of hydrogen-bond donors (Lipinski definition) is 3. The Hall–Kier alpha value is -2.83. The van der Waals surface area contributed by atoms with Gasteiger partial charge in [-0.25, -0.2) is 4.79 Å². The van der Waals surface area contributed by atoms with Crippen molar-refractivity contribution in [2.45, 2.75) is 38.8 Å². The van der Waals surface area contributed by atoms with E-state index in [0.717, 1.165) is 37.9 Å². The smallest absolute Gasteiger partial charge is 0.319 e. The Balaban J connectivity index is 1.94. The average molecular weight is 401 g/mol. The molecule has 8 nitrogen and oxygen atoms in total. The minimum absolute atomic E-state index is 0.128. The fourth-order valence-electron chi connectivity index (χ4n) is 3.25. The van der Waals surface area contributed by atoms with Gasteiger partial charge in [-0.1, -0.05) is 18.3 Å². The molecule has 2 aromatic heterocycles. The van der Waals surface area contributed by atoms with E-state index in [9.17, 15) is 9.59 Å². The van der Waals surface area contributed by atoms with Crippen LogP contribution in [0.4, 0.5) is 10.5 Å². The number of nitrogens with one attached hydrogen (secondary N) is 1. The van der Waals surface area contributed by atoms with Crippen LogP contribution in [0.25, 0.3) is 0 Å². The van der Waals surface area contributed by atoms with E-state index in [-0.39, 0.29) is 10.9 Å². The summed E-state index contributed by atoms with van der Waals surface area (Å²) in [7, 11) is 0. The highest BCUT2D eigenvalue weighted by Crippen LogP contribution is 2.32. The first-order valence-corrected chi connectivity index (χ1v) is 10.1. The number of rotatable bonds is 4. The van der Waals surface area contributed by atoms with Gasteiger partial charge in [0.15, 0.2) is 0 Å². The van der Waals surface area contributed by atoms with Crippen molar-refractivity contribution in [2.75, 3.05) is 18.0 Å². The van der Waals surface area contributed by atoms with E-state index < -0.39 is 11.9 Å². The van der Waals surface area contributed by atoms with Gasteiger partial charge in [0.25, 0.3) is 5.91 Å². The molecule has 0 radical (unpaired) electrons. The number of carbonyl (C=O) groups excluding carboxylic acids is 2. The summed E-state index contributed by atoms with van der Waals surface area (Å²) in [6, 6.07) is 0.992. The molecule has 1 fully saturated rings. The maximum Gasteiger partial charge on any atom is 0.319 e. The summed E-state index contributed by atoms with van der Waals surface area (Å²) in [5.41, 5.74) is 12.5. The zero-order valence-corrected chi connectivity index (χ0v) is 16.6. The Morgan fingerprint density at radius 1 is 1.39 bits per heavy atom. The van der Waals surface area contributed by atoms with Crippen LogP contribution in [0.3, 0.4) is 0 Å². The highest BCUT2D eigenvalue weighted by molar-refractivity contribution is 7.15. The molecule has 0 aliphatic carbocycles. The predicted octanol–water partition coefficient (Wildman–Crippen LogP) is 1.49. The summed E-state index contributed by atoms with van der Waals surface area (Å²) < 4.78 is 1.78. The summed E-state index contributed by atoms with van der Waals surface area (Å²) in [6.07, 6.45) is 6.36. The molecule has 0 aromatic carbocycles. The van der Waals surface area contributed by atoms with Gasteiger partial charge < -0.3 is 16.8 Å². The summed E-state index contributed by atoms with van der Waals surface area (Å²) in [5.74, 6) is 5.47. The number of urea groups is 1. The Labute approximate surface area is 167 Å². The van der Waals surface area contributed by atoms with Gasteiger partial charge in [0.2, 0.25) is 0 Å². The van der Waals surface area contributed by atoms with Crippen LogP contribution in [0.15, 0.2) is 18.5 Å². The topological polar surface area (TPSA) is 119 Å². The van der Waals surface area contributed by atoms with Crippen LogP contribution in [0.5, 0.6) is 0 Å². The van der Waals surface area contributed by atoms with Gasteiger partial charge in [0, 0.05) is 19.3 Å². The molecule has 2 aromatic rings. The van der Waals surface area contributed by atoms with E-state index in [1.165, 1.54) is 16.2 Å². The molecule has 3 heterocycles. The molecule has 3 amide bonds. The lowest BCUT2D eigenvalue weighted by molar-refractivity contribution is 0.100. The number of aryl methyl sites for hydroxylation is 1. The summed E-state index contributed by atoms with van der Waals surface area (Å²) in [6.45, 7) is 4.28. The van der Waals surface area contributed by atoms with Crippen molar-refractivity contribution in [3.63, 3.8) is 0 Å². The van der Waals surface area contributed by atoms with Crippen LogP contribution in [-0.2, 0) is 6.54 Å². The van der Waals surface area contributed by atoms with Gasteiger partial charge in [0.05, 0.1) is 28.4 Å². The minimum Gasteiger partial charge on any atom is -0.365 e. The SMILES string of the molecule is CCn1cc(C#Cc2cc(N(C(N)=O)[C@H]3CCCCNC3)c(C(N)=O)s2)cn1. The normalized spacial score (nSPS) is 16.7. The molecule has 5 N–H and O–H groups in total. The first-order valence-electron chi connectivity index (χ1n) is 9.27. The third-order valence-corrected chi connectivity index (χ3v) is 5.66. The van der Waals surface area contributed by atoms with Crippen molar-refractivity contribution in [3.05, 3.63) is 33.8 Å². The fraction of sp³-hybridized carbons (Fsp3) is 0.421. The first-order chi connectivity index (χ1) is 13.5. The van der Waals surface area contributed by atoms with Gasteiger partial charge >= 0.3 is 6.03 Å². The van der Waals surface area contributed by atoms with Crippen LogP contribution >= 0.6 is 11.3 Å². The highest BCUT2D eigenvalue weighted by Gasteiger charge is 2.29. The lowest BCUT2D eigenvalue weighted by atomic mass is 10.1. The third kappa shape index (κ3) is 4.52. The van der Waals surface area contributed by atoms with Gasteiger partial charge in [-0.05, 0) is 32.4 Å². The number of nitrogens with zero attached hydrogens (tertiary/aromatic N) is 3. The number of carbonyl (C=O) groups is 2. The monoisotopic (exact) mass is 400 g/mol. The number of nitrogens with two attached hydrogens (primary N) is 2. The van der Waals surface area contributed by atoms with Crippen LogP contribution < -0.4 is 21.7 Å². The molecule has 1 aliphatic rings. The van der Waals surface area contributed by atoms with Crippen LogP contribution in [0, 0.1) is 11.8 Å². The third-order valence-electron chi connectivity index (χ3n) is 4.61. The Kier molecular flexibility index (Phi) is 6.34. The molecule has 1 atom stereocenters. The lowest BCUT2D eigenvalue weighted by Crippen LogP contribution is -2.48. The number of thiophene rings is 1. The lowest BCUT2D eigenvalue weighted by Gasteiger charge is -2.29. The van der Waals surface area contributed by atoms with Gasteiger partial charge in [-0.15, -0.1) is 11.3 Å². The van der Waals surface area contributed by atoms with Gasteiger partial charge in [0.1, 0.15) is 4.88 Å². The second-order valence-electron chi connectivity index (χ2n) is 6.59. The van der Waals surface area contributed by atoms with Crippen molar-refractivity contribution in [1.29, 1.82) is 0 Å². The fourth-order valence-corrected chi connectivity index (χ4v) is 4.10. The predicted molar refractivity (Wildman–Crippen MR) is 109 cm³/mol. The van der Waals surface area contributed by atoms with E-state index in [4.69, 9.17) is 11.5 Å². The van der Waals surface area contributed by atoms with E-state index in [0.29, 0.717) is 17.1 Å². The second kappa shape index (κ2) is 8.91. The highest BCUT2D eigenvalue weighted by atomic mass is 32.1.